The molecule has 6 heteroatoms. The van der Waals surface area contributed by atoms with Gasteiger partial charge < -0.3 is 19.5 Å². The molecule has 144 valence electrons. The molecule has 0 spiro atoms. The Labute approximate surface area is 155 Å². The lowest BCUT2D eigenvalue weighted by Crippen LogP contribution is -2.62. The van der Waals surface area contributed by atoms with Gasteiger partial charge in [0.1, 0.15) is 0 Å². The number of rotatable bonds is 6. The Morgan fingerprint density at radius 3 is 2.58 bits per heavy atom. The van der Waals surface area contributed by atoms with Gasteiger partial charge in [0.05, 0.1) is 24.4 Å². The van der Waals surface area contributed by atoms with E-state index in [2.05, 4.69) is 10.5 Å². The van der Waals surface area contributed by atoms with Gasteiger partial charge >= 0.3 is 0 Å². The summed E-state index contributed by atoms with van der Waals surface area (Å²) < 4.78 is 10.9. The van der Waals surface area contributed by atoms with Crippen molar-refractivity contribution < 1.29 is 14.1 Å². The van der Waals surface area contributed by atoms with Crippen LogP contribution in [0.4, 0.5) is 0 Å². The number of carbonyl (C=O) groups is 1. The fourth-order valence-electron chi connectivity index (χ4n) is 4.46. The first-order chi connectivity index (χ1) is 12.7. The molecule has 1 N–H and O–H groups in total. The van der Waals surface area contributed by atoms with Gasteiger partial charge in [0.15, 0.2) is 0 Å². The molecular weight excluding hydrogens is 330 g/mol. The number of aromatic nitrogens is 1. The topological polar surface area (TPSA) is 67.6 Å². The molecule has 0 aromatic carbocycles. The number of nitrogens with one attached hydrogen (secondary N) is 1. The Morgan fingerprint density at radius 1 is 1.15 bits per heavy atom. The lowest BCUT2D eigenvalue weighted by molar-refractivity contribution is -0.0764. The van der Waals surface area contributed by atoms with Gasteiger partial charge in [-0.15, -0.1) is 0 Å². The fraction of sp³-hybridized carbons (Fsp3) is 0.800. The number of likely N-dealkylation sites (tertiary alicyclic amines) is 1. The summed E-state index contributed by atoms with van der Waals surface area (Å²) in [7, 11) is 0. The summed E-state index contributed by atoms with van der Waals surface area (Å²) in [5, 5.41) is 7.93. The normalized spacial score (nSPS) is 23.6. The smallest absolute Gasteiger partial charge is 0.292 e. The third-order valence-electron chi connectivity index (χ3n) is 6.18. The van der Waals surface area contributed by atoms with E-state index in [1.54, 1.807) is 0 Å². The van der Waals surface area contributed by atoms with E-state index in [0.29, 0.717) is 19.0 Å². The molecule has 2 saturated heterocycles. The Morgan fingerprint density at radius 2 is 1.88 bits per heavy atom. The molecule has 0 bridgehead atoms. The van der Waals surface area contributed by atoms with Crippen LogP contribution >= 0.6 is 0 Å². The molecule has 0 atom stereocenters. The van der Waals surface area contributed by atoms with Gasteiger partial charge in [0, 0.05) is 25.6 Å². The van der Waals surface area contributed by atoms with E-state index in [0.717, 1.165) is 50.5 Å². The largest absolute Gasteiger partial charge is 0.377 e. The van der Waals surface area contributed by atoms with Crippen molar-refractivity contribution in [2.24, 2.45) is 5.92 Å². The Balaban J connectivity index is 1.33. The maximum Gasteiger partial charge on any atom is 0.292 e. The number of nitrogens with zero attached hydrogens (tertiary/aromatic N) is 2. The zero-order valence-corrected chi connectivity index (χ0v) is 15.7. The maximum atomic E-state index is 12.5. The van der Waals surface area contributed by atoms with Gasteiger partial charge in [-0.3, -0.25) is 4.79 Å². The second-order valence-corrected chi connectivity index (χ2v) is 8.37. The third-order valence-corrected chi connectivity index (χ3v) is 6.18. The van der Waals surface area contributed by atoms with Crippen LogP contribution in [0.3, 0.4) is 0 Å². The lowest BCUT2D eigenvalue weighted by Gasteiger charge is -2.43. The summed E-state index contributed by atoms with van der Waals surface area (Å²) in [6.45, 7) is 4.13. The van der Waals surface area contributed by atoms with Crippen LogP contribution in [-0.2, 0) is 11.2 Å². The van der Waals surface area contributed by atoms with Crippen LogP contribution in [0.15, 0.2) is 10.6 Å². The highest BCUT2D eigenvalue weighted by Gasteiger charge is 2.40. The van der Waals surface area contributed by atoms with Crippen molar-refractivity contribution in [1.82, 2.24) is 15.4 Å². The molecule has 3 fully saturated rings. The third kappa shape index (κ3) is 4.12. The fourth-order valence-corrected chi connectivity index (χ4v) is 4.46. The van der Waals surface area contributed by atoms with Crippen molar-refractivity contribution in [1.29, 1.82) is 0 Å². The average Bonchev–Trinajstić information content (AvgIpc) is 3.13. The minimum Gasteiger partial charge on any atom is -0.377 e. The first-order valence-electron chi connectivity index (χ1n) is 10.3. The SMILES string of the molecule is O=C(c1cc(CC2(NCC3CCCCC3)COC2)no1)N1CCCCC1. The first-order valence-corrected chi connectivity index (χ1v) is 10.3. The molecule has 3 aliphatic rings. The van der Waals surface area contributed by atoms with Crippen LogP contribution in [-0.4, -0.2) is 54.4 Å². The van der Waals surface area contributed by atoms with Gasteiger partial charge in [-0.1, -0.05) is 24.4 Å². The number of amides is 1. The van der Waals surface area contributed by atoms with Gasteiger partial charge in [-0.25, -0.2) is 0 Å². The minimum absolute atomic E-state index is 0.0162. The molecule has 1 amide bonds. The van der Waals surface area contributed by atoms with E-state index >= 15 is 0 Å². The van der Waals surface area contributed by atoms with Crippen LogP contribution in [0.25, 0.3) is 0 Å². The predicted octanol–water partition coefficient (Wildman–Crippen LogP) is 2.78. The van der Waals surface area contributed by atoms with Crippen LogP contribution in [0, 0.1) is 5.92 Å². The van der Waals surface area contributed by atoms with Crippen LogP contribution < -0.4 is 5.32 Å². The highest BCUT2D eigenvalue weighted by atomic mass is 16.5. The first kappa shape index (κ1) is 18.0. The van der Waals surface area contributed by atoms with Crippen molar-refractivity contribution in [2.45, 2.75) is 63.3 Å². The molecule has 1 saturated carbocycles. The molecule has 26 heavy (non-hydrogen) atoms. The standard InChI is InChI=1S/C20H31N3O3/c24-19(23-9-5-2-6-10-23)18-11-17(22-26-18)12-20(14-25-15-20)21-13-16-7-3-1-4-8-16/h11,16,21H,1-10,12-15H2. The molecule has 1 aliphatic carbocycles. The van der Waals surface area contributed by atoms with Crippen molar-refractivity contribution in [3.8, 4) is 0 Å². The number of ether oxygens (including phenoxy) is 1. The number of piperidine rings is 1. The summed E-state index contributed by atoms with van der Waals surface area (Å²) in [6, 6.07) is 1.83. The van der Waals surface area contributed by atoms with E-state index in [1.165, 1.54) is 38.5 Å². The van der Waals surface area contributed by atoms with E-state index in [1.807, 2.05) is 11.0 Å². The zero-order valence-electron chi connectivity index (χ0n) is 15.7. The second-order valence-electron chi connectivity index (χ2n) is 8.37. The van der Waals surface area contributed by atoms with E-state index in [-0.39, 0.29) is 11.4 Å². The van der Waals surface area contributed by atoms with Crippen LogP contribution in [0.5, 0.6) is 0 Å². The van der Waals surface area contributed by atoms with Gasteiger partial charge in [-0.2, -0.15) is 0 Å². The van der Waals surface area contributed by atoms with Crippen LogP contribution in [0.2, 0.25) is 0 Å². The monoisotopic (exact) mass is 361 g/mol. The van der Waals surface area contributed by atoms with Crippen molar-refractivity contribution in [3.63, 3.8) is 0 Å². The maximum absolute atomic E-state index is 12.5. The molecule has 4 rings (SSSR count). The number of carbonyl (C=O) groups excluding carboxylic acids is 1. The Kier molecular flexibility index (Phi) is 5.60. The molecule has 6 nitrogen and oxygen atoms in total. The van der Waals surface area contributed by atoms with E-state index in [9.17, 15) is 4.79 Å². The van der Waals surface area contributed by atoms with E-state index < -0.39 is 0 Å². The van der Waals surface area contributed by atoms with E-state index in [4.69, 9.17) is 9.26 Å². The van der Waals surface area contributed by atoms with Crippen molar-refractivity contribution in [2.75, 3.05) is 32.8 Å². The lowest BCUT2D eigenvalue weighted by atomic mass is 9.86. The molecule has 1 aromatic heterocycles. The quantitative estimate of drug-likeness (QED) is 0.844. The molecule has 0 radical (unpaired) electrons. The molecular formula is C20H31N3O3. The average molecular weight is 361 g/mol. The number of hydrogen-bond acceptors (Lipinski definition) is 5. The summed E-state index contributed by atoms with van der Waals surface area (Å²) in [5.74, 6) is 1.15. The molecule has 3 heterocycles. The molecule has 1 aromatic rings. The summed E-state index contributed by atoms with van der Waals surface area (Å²) in [6.07, 6.45) is 10.9. The summed E-state index contributed by atoms with van der Waals surface area (Å²) in [5.41, 5.74) is 0.810. The van der Waals surface area contributed by atoms with Crippen molar-refractivity contribution >= 4 is 5.91 Å². The Hall–Kier alpha value is -1.40. The highest BCUT2D eigenvalue weighted by Crippen LogP contribution is 2.27. The van der Waals surface area contributed by atoms with Crippen LogP contribution in [0.1, 0.15) is 67.6 Å². The molecule has 2 aliphatic heterocycles. The van der Waals surface area contributed by atoms with Crippen molar-refractivity contribution in [3.05, 3.63) is 17.5 Å². The number of hydrogen-bond donors (Lipinski definition) is 1. The Bertz CT molecular complexity index is 599. The van der Waals surface area contributed by atoms with Gasteiger partial charge in [0.25, 0.3) is 5.91 Å². The summed E-state index contributed by atoms with van der Waals surface area (Å²) in [4.78, 5) is 14.4. The van der Waals surface area contributed by atoms with Gasteiger partial charge in [-0.05, 0) is 44.6 Å². The second kappa shape index (κ2) is 8.09. The zero-order chi connectivity index (χ0) is 17.8. The minimum atomic E-state index is -0.0419. The molecule has 0 unspecified atom stereocenters. The summed E-state index contributed by atoms with van der Waals surface area (Å²) >= 11 is 0. The van der Waals surface area contributed by atoms with Gasteiger partial charge in [0.2, 0.25) is 5.76 Å². The highest BCUT2D eigenvalue weighted by molar-refractivity contribution is 5.91. The predicted molar refractivity (Wildman–Crippen MR) is 98.1 cm³/mol.